The molecule has 1 aliphatic heterocycles. The number of benzene rings is 4. The minimum atomic E-state index is -4.04. The van der Waals surface area contributed by atoms with Gasteiger partial charge >= 0.3 is 0 Å². The van der Waals surface area contributed by atoms with Crippen molar-refractivity contribution in [3.8, 4) is 0 Å². The van der Waals surface area contributed by atoms with Gasteiger partial charge in [0, 0.05) is 23.1 Å². The molecule has 5 rings (SSSR count). The zero-order chi connectivity index (χ0) is 27.4. The molecule has 0 bridgehead atoms. The van der Waals surface area contributed by atoms with Gasteiger partial charge in [-0.15, -0.1) is 0 Å². The van der Waals surface area contributed by atoms with Crippen molar-refractivity contribution in [1.82, 2.24) is 10.2 Å². The number of sulfonamides is 1. The molecule has 4 aromatic rings. The molecule has 7 nitrogen and oxygen atoms in total. The fraction of sp³-hybridized carbons (Fsp3) is 0.133. The van der Waals surface area contributed by atoms with Crippen LogP contribution in [-0.4, -0.2) is 38.2 Å². The third-order valence-corrected chi connectivity index (χ3v) is 8.84. The highest BCUT2D eigenvalue weighted by atomic mass is 79.9. The topological polar surface area (TPSA) is 86.8 Å². The number of para-hydroxylation sites is 1. The fourth-order valence-corrected chi connectivity index (χ4v) is 6.37. The Bertz CT molecular complexity index is 1580. The average molecular weight is 605 g/mol. The van der Waals surface area contributed by atoms with Crippen LogP contribution in [-0.2, 0) is 21.4 Å². The molecule has 1 aliphatic rings. The number of carbonyl (C=O) groups is 2. The van der Waals surface area contributed by atoms with Gasteiger partial charge in [0.25, 0.3) is 15.9 Å². The monoisotopic (exact) mass is 603 g/mol. The molecule has 1 fully saturated rings. The van der Waals surface area contributed by atoms with Crippen molar-refractivity contribution >= 4 is 43.5 Å². The Hall–Kier alpha value is -3.95. The summed E-state index contributed by atoms with van der Waals surface area (Å²) in [4.78, 5) is 28.1. The van der Waals surface area contributed by atoms with Crippen LogP contribution in [0.25, 0.3) is 0 Å². The van der Waals surface area contributed by atoms with E-state index in [4.69, 9.17) is 0 Å². The van der Waals surface area contributed by atoms with Crippen LogP contribution in [0.2, 0.25) is 0 Å². The molecule has 0 aliphatic carbocycles. The summed E-state index contributed by atoms with van der Waals surface area (Å²) in [6.07, 6.45) is 0. The minimum absolute atomic E-state index is 0.00483. The molecule has 1 atom stereocenters. The van der Waals surface area contributed by atoms with E-state index in [1.54, 1.807) is 48.5 Å². The van der Waals surface area contributed by atoms with Crippen LogP contribution >= 0.6 is 15.9 Å². The van der Waals surface area contributed by atoms with E-state index in [1.165, 1.54) is 21.3 Å². The molecular weight excluding hydrogens is 578 g/mol. The number of carbonyl (C=O) groups excluding carboxylic acids is 2. The lowest BCUT2D eigenvalue weighted by Crippen LogP contribution is -2.52. The smallest absolute Gasteiger partial charge is 0.264 e. The average Bonchev–Trinajstić information content (AvgIpc) is 2.97. The van der Waals surface area contributed by atoms with Gasteiger partial charge in [-0.2, -0.15) is 0 Å². The first-order chi connectivity index (χ1) is 18.8. The van der Waals surface area contributed by atoms with Crippen molar-refractivity contribution in [1.29, 1.82) is 0 Å². The van der Waals surface area contributed by atoms with Gasteiger partial charge in [0.1, 0.15) is 6.04 Å². The number of rotatable bonds is 7. The highest BCUT2D eigenvalue weighted by molar-refractivity contribution is 9.10. The van der Waals surface area contributed by atoms with Crippen molar-refractivity contribution in [2.75, 3.05) is 17.4 Å². The molecule has 1 heterocycles. The van der Waals surface area contributed by atoms with Crippen molar-refractivity contribution in [2.24, 2.45) is 0 Å². The number of nitrogens with one attached hydrogen (secondary N) is 1. The summed E-state index contributed by atoms with van der Waals surface area (Å²) in [5.41, 5.74) is 2.21. The lowest BCUT2D eigenvalue weighted by atomic mass is 10.0. The molecular formula is C30H26BrN3O4S. The van der Waals surface area contributed by atoms with Crippen LogP contribution in [0.3, 0.4) is 0 Å². The highest BCUT2D eigenvalue weighted by Gasteiger charge is 2.35. The fourth-order valence-electron chi connectivity index (χ4n) is 4.60. The van der Waals surface area contributed by atoms with Gasteiger partial charge in [-0.1, -0.05) is 82.7 Å². The van der Waals surface area contributed by atoms with Gasteiger partial charge < -0.3 is 10.2 Å². The van der Waals surface area contributed by atoms with Crippen LogP contribution in [0, 0.1) is 0 Å². The molecule has 9 heteroatoms. The molecule has 198 valence electrons. The maximum absolute atomic E-state index is 14.0. The van der Waals surface area contributed by atoms with E-state index in [9.17, 15) is 18.0 Å². The minimum Gasteiger partial charge on any atom is -0.352 e. The Kier molecular flexibility index (Phi) is 7.81. The van der Waals surface area contributed by atoms with Gasteiger partial charge in [0.05, 0.1) is 17.1 Å². The van der Waals surface area contributed by atoms with E-state index in [0.717, 1.165) is 10.0 Å². The van der Waals surface area contributed by atoms with Crippen molar-refractivity contribution in [3.05, 3.63) is 130 Å². The number of nitrogens with zero attached hydrogens (tertiary/aromatic N) is 2. The Balaban J connectivity index is 1.50. The third kappa shape index (κ3) is 5.74. The molecule has 0 spiro atoms. The standard InChI is InChI=1S/C30H26BrN3O4S/c31-25-16-14-23(15-17-25)28-29(35)32-18-19-33(28)30(36)24-10-7-13-27(20-24)39(37,38)34(26-11-5-2-6-12-26)21-22-8-3-1-4-9-22/h1-17,20,28H,18-19,21H2,(H,32,35). The van der Waals surface area contributed by atoms with Crippen LogP contribution in [0.1, 0.15) is 27.5 Å². The second-order valence-corrected chi connectivity index (χ2v) is 11.9. The Morgan fingerprint density at radius 3 is 2.26 bits per heavy atom. The van der Waals surface area contributed by atoms with Crippen molar-refractivity contribution in [2.45, 2.75) is 17.5 Å². The molecule has 0 radical (unpaired) electrons. The Morgan fingerprint density at radius 2 is 1.56 bits per heavy atom. The maximum atomic E-state index is 14.0. The lowest BCUT2D eigenvalue weighted by Gasteiger charge is -2.35. The van der Waals surface area contributed by atoms with Gasteiger partial charge in [-0.25, -0.2) is 8.42 Å². The highest BCUT2D eigenvalue weighted by Crippen LogP contribution is 2.29. The number of anilines is 1. The van der Waals surface area contributed by atoms with Gasteiger partial charge in [-0.05, 0) is 53.6 Å². The van der Waals surface area contributed by atoms with E-state index in [0.29, 0.717) is 24.3 Å². The predicted octanol–water partition coefficient (Wildman–Crippen LogP) is 5.16. The van der Waals surface area contributed by atoms with E-state index in [1.807, 2.05) is 48.5 Å². The first-order valence-electron chi connectivity index (χ1n) is 12.4. The van der Waals surface area contributed by atoms with Crippen molar-refractivity contribution in [3.63, 3.8) is 0 Å². The summed E-state index contributed by atoms with van der Waals surface area (Å²) in [6, 6.07) is 30.6. The van der Waals surface area contributed by atoms with E-state index in [-0.39, 0.29) is 22.9 Å². The molecule has 2 amide bonds. The van der Waals surface area contributed by atoms with Crippen LogP contribution in [0.5, 0.6) is 0 Å². The zero-order valence-corrected chi connectivity index (χ0v) is 23.3. The summed E-state index contributed by atoms with van der Waals surface area (Å²) in [7, 11) is -4.04. The number of piperazine rings is 1. The van der Waals surface area contributed by atoms with E-state index < -0.39 is 22.0 Å². The summed E-state index contributed by atoms with van der Waals surface area (Å²) >= 11 is 3.40. The first-order valence-corrected chi connectivity index (χ1v) is 14.6. The molecule has 4 aromatic carbocycles. The second kappa shape index (κ2) is 11.4. The molecule has 1 unspecified atom stereocenters. The van der Waals surface area contributed by atoms with E-state index >= 15 is 0 Å². The third-order valence-electron chi connectivity index (χ3n) is 6.54. The van der Waals surface area contributed by atoms with Gasteiger partial charge in [0.15, 0.2) is 0 Å². The molecule has 1 N–H and O–H groups in total. The number of halogens is 1. The SMILES string of the molecule is O=C1NCCN(C(=O)c2cccc(S(=O)(=O)N(Cc3ccccc3)c3ccccc3)c2)C1c1ccc(Br)cc1. The van der Waals surface area contributed by atoms with Crippen LogP contribution in [0.4, 0.5) is 5.69 Å². The Labute approximate surface area is 236 Å². The quantitative estimate of drug-likeness (QED) is 0.316. The normalized spacial score (nSPS) is 15.5. The zero-order valence-electron chi connectivity index (χ0n) is 20.9. The molecule has 1 saturated heterocycles. The summed E-state index contributed by atoms with van der Waals surface area (Å²) in [6.45, 7) is 0.740. The van der Waals surface area contributed by atoms with Gasteiger partial charge in [0.2, 0.25) is 5.91 Å². The number of hydrogen-bond donors (Lipinski definition) is 1. The predicted molar refractivity (Wildman–Crippen MR) is 154 cm³/mol. The maximum Gasteiger partial charge on any atom is 0.264 e. The van der Waals surface area contributed by atoms with Crippen LogP contribution in [0.15, 0.2) is 119 Å². The largest absolute Gasteiger partial charge is 0.352 e. The van der Waals surface area contributed by atoms with E-state index in [2.05, 4.69) is 21.2 Å². The summed E-state index contributed by atoms with van der Waals surface area (Å²) in [5.74, 6) is -0.692. The van der Waals surface area contributed by atoms with Gasteiger partial charge in [-0.3, -0.25) is 13.9 Å². The molecule has 39 heavy (non-hydrogen) atoms. The molecule has 0 aromatic heterocycles. The second-order valence-electron chi connectivity index (χ2n) is 9.10. The van der Waals surface area contributed by atoms with Crippen molar-refractivity contribution < 1.29 is 18.0 Å². The lowest BCUT2D eigenvalue weighted by molar-refractivity contribution is -0.128. The number of hydrogen-bond acceptors (Lipinski definition) is 4. The summed E-state index contributed by atoms with van der Waals surface area (Å²) in [5, 5.41) is 2.83. The number of amides is 2. The summed E-state index contributed by atoms with van der Waals surface area (Å²) < 4.78 is 30.2. The van der Waals surface area contributed by atoms with Crippen LogP contribution < -0.4 is 9.62 Å². The molecule has 0 saturated carbocycles. The Morgan fingerprint density at radius 1 is 0.897 bits per heavy atom. The first kappa shape index (κ1) is 26.6.